The molecule has 0 atom stereocenters. The van der Waals surface area contributed by atoms with E-state index in [1.54, 1.807) is 24.3 Å². The third kappa shape index (κ3) is 4.58. The number of rotatable bonds is 8. The zero-order valence-electron chi connectivity index (χ0n) is 17.5. The zero-order valence-corrected chi connectivity index (χ0v) is 18.3. The van der Waals surface area contributed by atoms with Crippen LogP contribution in [0.15, 0.2) is 58.3 Å². The predicted molar refractivity (Wildman–Crippen MR) is 128 cm³/mol. The first-order valence-electron chi connectivity index (χ1n) is 10.5. The van der Waals surface area contributed by atoms with Gasteiger partial charge in [-0.3, -0.25) is 19.0 Å². The number of hydrogen-bond donors (Lipinski definition) is 4. The number of nitrogens with zero attached hydrogens (tertiary/aromatic N) is 2. The molecule has 8 nitrogen and oxygen atoms in total. The van der Waals surface area contributed by atoms with Gasteiger partial charge in [0.15, 0.2) is 0 Å². The minimum absolute atomic E-state index is 0.0345. The molecule has 166 valence electrons. The number of aromatic nitrogens is 1. The van der Waals surface area contributed by atoms with E-state index >= 15 is 0 Å². The van der Waals surface area contributed by atoms with E-state index < -0.39 is 0 Å². The first-order chi connectivity index (χ1) is 15.6. The van der Waals surface area contributed by atoms with Gasteiger partial charge in [-0.1, -0.05) is 18.2 Å². The highest BCUT2D eigenvalue weighted by atomic mass is 32.1. The fraction of sp³-hybridized carbons (Fsp3) is 0.261. The van der Waals surface area contributed by atoms with Crippen molar-refractivity contribution in [2.24, 2.45) is 10.7 Å². The van der Waals surface area contributed by atoms with E-state index in [4.69, 9.17) is 10.8 Å². The van der Waals surface area contributed by atoms with Crippen LogP contribution >= 0.6 is 11.5 Å². The molecule has 0 saturated carbocycles. The van der Waals surface area contributed by atoms with Crippen molar-refractivity contribution in [1.82, 2.24) is 4.37 Å². The number of hydrogen-bond acceptors (Lipinski definition) is 6. The normalized spacial score (nSPS) is 13.3. The van der Waals surface area contributed by atoms with E-state index in [1.807, 2.05) is 23.1 Å². The number of para-hydroxylation sites is 1. The highest BCUT2D eigenvalue weighted by molar-refractivity contribution is 7.10. The van der Waals surface area contributed by atoms with Crippen LogP contribution in [0, 0.1) is 0 Å². The van der Waals surface area contributed by atoms with Crippen molar-refractivity contribution in [1.29, 1.82) is 0 Å². The average molecular weight is 452 g/mol. The number of amides is 1. The molecule has 2 heterocycles. The number of unbranched alkanes of at least 4 members (excludes halogenated alkanes) is 1. The molecule has 0 spiro atoms. The molecule has 3 aromatic rings. The molecule has 0 saturated heterocycles. The van der Waals surface area contributed by atoms with Crippen LogP contribution in [0.3, 0.4) is 0 Å². The summed E-state index contributed by atoms with van der Waals surface area (Å²) in [6.07, 6.45) is 2.19. The molecule has 32 heavy (non-hydrogen) atoms. The number of aromatic amines is 1. The smallest absolute Gasteiger partial charge is 0.271 e. The number of carbonyl (C=O) groups is 1. The molecule has 5 N–H and O–H groups in total. The van der Waals surface area contributed by atoms with E-state index in [-0.39, 0.29) is 23.9 Å². The predicted octanol–water partition coefficient (Wildman–Crippen LogP) is 2.86. The van der Waals surface area contributed by atoms with Gasteiger partial charge in [0.2, 0.25) is 0 Å². The number of H-pyrrole nitrogens is 1. The number of aliphatic hydroxyl groups is 1. The lowest BCUT2D eigenvalue weighted by Gasteiger charge is -2.17. The van der Waals surface area contributed by atoms with Crippen molar-refractivity contribution in [3.8, 4) is 0 Å². The molecular weight excluding hydrogens is 426 g/mol. The standard InChI is InChI=1S/C23H25N5O3S/c24-20(25-12-3-4-14-29)19-21(30)27-32-22(19)26-17-9-7-16(8-10-17)23(31)28-13-11-15-5-1-2-6-18(15)28/h1-2,5-10,26,29H,3-4,11-14H2,(H2,24,25)(H,27,30). The maximum Gasteiger partial charge on any atom is 0.271 e. The summed E-state index contributed by atoms with van der Waals surface area (Å²) in [6, 6.07) is 15.1. The van der Waals surface area contributed by atoms with Gasteiger partial charge in [0, 0.05) is 36.6 Å². The molecule has 0 radical (unpaired) electrons. The number of amidine groups is 1. The number of nitrogens with two attached hydrogens (primary N) is 1. The molecule has 1 aliphatic heterocycles. The van der Waals surface area contributed by atoms with Crippen LogP contribution in [0.1, 0.15) is 34.3 Å². The van der Waals surface area contributed by atoms with E-state index in [0.29, 0.717) is 42.1 Å². The Morgan fingerprint density at radius 1 is 1.19 bits per heavy atom. The Bertz CT molecular complexity index is 1180. The highest BCUT2D eigenvalue weighted by Crippen LogP contribution is 2.29. The minimum atomic E-state index is -0.305. The van der Waals surface area contributed by atoms with Crippen LogP contribution in [0.25, 0.3) is 0 Å². The van der Waals surface area contributed by atoms with Crippen LogP contribution in [0.4, 0.5) is 16.4 Å². The molecule has 0 fully saturated rings. The lowest BCUT2D eigenvalue weighted by atomic mass is 10.1. The summed E-state index contributed by atoms with van der Waals surface area (Å²) >= 11 is 1.14. The Morgan fingerprint density at radius 3 is 2.75 bits per heavy atom. The number of aliphatic imine (C=N–C) groups is 1. The molecule has 0 unspecified atom stereocenters. The summed E-state index contributed by atoms with van der Waals surface area (Å²) in [6.45, 7) is 1.22. The van der Waals surface area contributed by atoms with Crippen molar-refractivity contribution in [3.05, 3.63) is 75.6 Å². The van der Waals surface area contributed by atoms with Gasteiger partial charge in [0.05, 0.1) is 0 Å². The van der Waals surface area contributed by atoms with Gasteiger partial charge in [-0.25, -0.2) is 0 Å². The molecular formula is C23H25N5O3S. The molecule has 9 heteroatoms. The summed E-state index contributed by atoms with van der Waals surface area (Å²) in [7, 11) is 0. The van der Waals surface area contributed by atoms with Crippen molar-refractivity contribution < 1.29 is 9.90 Å². The van der Waals surface area contributed by atoms with Gasteiger partial charge in [-0.15, -0.1) is 0 Å². The number of aliphatic hydroxyl groups excluding tert-OH is 1. The SMILES string of the molecule is NC(=NCCCCO)c1c(Nc2ccc(C(=O)N3CCc4ccccc43)cc2)s[nH]c1=O. The fourth-order valence-corrected chi connectivity index (χ4v) is 4.42. The third-order valence-electron chi connectivity index (χ3n) is 5.33. The van der Waals surface area contributed by atoms with Crippen molar-refractivity contribution in [2.45, 2.75) is 19.3 Å². The second kappa shape index (κ2) is 9.80. The minimum Gasteiger partial charge on any atom is -0.396 e. The summed E-state index contributed by atoms with van der Waals surface area (Å²) in [4.78, 5) is 31.3. The average Bonchev–Trinajstić information content (AvgIpc) is 3.40. The highest BCUT2D eigenvalue weighted by Gasteiger charge is 2.25. The molecule has 1 aliphatic rings. The number of nitrogens with one attached hydrogen (secondary N) is 2. The van der Waals surface area contributed by atoms with Gasteiger partial charge in [-0.2, -0.15) is 0 Å². The van der Waals surface area contributed by atoms with E-state index in [0.717, 1.165) is 29.3 Å². The fourth-order valence-electron chi connectivity index (χ4n) is 3.66. The molecule has 2 aromatic carbocycles. The number of anilines is 3. The monoisotopic (exact) mass is 451 g/mol. The van der Waals surface area contributed by atoms with E-state index in [1.165, 1.54) is 5.56 Å². The second-order valence-corrected chi connectivity index (χ2v) is 8.29. The van der Waals surface area contributed by atoms with Crippen molar-refractivity contribution in [3.63, 3.8) is 0 Å². The first kappa shape index (κ1) is 21.8. The van der Waals surface area contributed by atoms with Crippen LogP contribution in [0.5, 0.6) is 0 Å². The number of fused-ring (bicyclic) bond motifs is 1. The lowest BCUT2D eigenvalue weighted by molar-refractivity contribution is 0.0989. The second-order valence-electron chi connectivity index (χ2n) is 7.47. The lowest BCUT2D eigenvalue weighted by Crippen LogP contribution is -2.28. The van der Waals surface area contributed by atoms with Gasteiger partial charge in [-0.05, 0) is 66.7 Å². The Balaban J connectivity index is 1.47. The Kier molecular flexibility index (Phi) is 6.67. The number of carbonyl (C=O) groups excluding carboxylic acids is 1. The van der Waals surface area contributed by atoms with Gasteiger partial charge < -0.3 is 21.1 Å². The first-order valence-corrected chi connectivity index (χ1v) is 11.3. The maximum atomic E-state index is 13.0. The summed E-state index contributed by atoms with van der Waals surface area (Å²) in [5.41, 5.74) is 9.51. The van der Waals surface area contributed by atoms with E-state index in [2.05, 4.69) is 20.7 Å². The molecule has 1 aromatic heterocycles. The van der Waals surface area contributed by atoms with Gasteiger partial charge >= 0.3 is 0 Å². The van der Waals surface area contributed by atoms with Crippen LogP contribution in [-0.4, -0.2) is 40.9 Å². The van der Waals surface area contributed by atoms with E-state index in [9.17, 15) is 9.59 Å². The van der Waals surface area contributed by atoms with Crippen LogP contribution in [-0.2, 0) is 6.42 Å². The molecule has 0 aliphatic carbocycles. The summed E-state index contributed by atoms with van der Waals surface area (Å²) in [5.74, 6) is 0.125. The topological polar surface area (TPSA) is 124 Å². The van der Waals surface area contributed by atoms with Crippen LogP contribution in [0.2, 0.25) is 0 Å². The maximum absolute atomic E-state index is 13.0. The van der Waals surface area contributed by atoms with Crippen LogP contribution < -0.4 is 21.5 Å². The molecule has 4 rings (SSSR count). The third-order valence-corrected chi connectivity index (χ3v) is 6.12. The Hall–Kier alpha value is -3.43. The number of benzene rings is 2. The summed E-state index contributed by atoms with van der Waals surface area (Å²) < 4.78 is 2.68. The molecule has 0 bridgehead atoms. The zero-order chi connectivity index (χ0) is 22.5. The Labute approximate surface area is 189 Å². The summed E-state index contributed by atoms with van der Waals surface area (Å²) in [5, 5.41) is 12.6. The molecule has 1 amide bonds. The largest absolute Gasteiger partial charge is 0.396 e. The van der Waals surface area contributed by atoms with Gasteiger partial charge in [0.25, 0.3) is 11.5 Å². The van der Waals surface area contributed by atoms with Crippen molar-refractivity contribution in [2.75, 3.05) is 29.9 Å². The van der Waals surface area contributed by atoms with Crippen molar-refractivity contribution >= 4 is 39.7 Å². The van der Waals surface area contributed by atoms with Gasteiger partial charge in [0.1, 0.15) is 16.4 Å². The quantitative estimate of drug-likeness (QED) is 0.238. The Morgan fingerprint density at radius 2 is 1.97 bits per heavy atom.